The molecule has 4 nitrogen and oxygen atoms in total. The van der Waals surface area contributed by atoms with Crippen molar-refractivity contribution in [3.63, 3.8) is 0 Å². The van der Waals surface area contributed by atoms with Crippen molar-refractivity contribution >= 4 is 11.9 Å². The summed E-state index contributed by atoms with van der Waals surface area (Å²) in [6.07, 6.45) is 56.7. The first-order valence-electron chi connectivity index (χ1n) is 26.8. The average molecular weight is 817 g/mol. The fourth-order valence-electron chi connectivity index (χ4n) is 10.0. The highest BCUT2D eigenvalue weighted by Gasteiger charge is 2.41. The Balaban J connectivity index is 2.57. The fraction of sp³-hybridized carbons (Fsp3) is 0.963. The maximum Gasteiger partial charge on any atom is 0.305 e. The van der Waals surface area contributed by atoms with Gasteiger partial charge in [0.15, 0.2) is 0 Å². The molecule has 0 aromatic rings. The number of carbonyl (C=O) groups is 2. The van der Waals surface area contributed by atoms with Gasteiger partial charge in [0, 0.05) is 12.8 Å². The van der Waals surface area contributed by atoms with Crippen LogP contribution in [0.25, 0.3) is 0 Å². The third kappa shape index (κ3) is 31.8. The van der Waals surface area contributed by atoms with Gasteiger partial charge in [-0.2, -0.15) is 0 Å². The largest absolute Gasteiger partial charge is 0.466 e. The summed E-state index contributed by atoms with van der Waals surface area (Å²) in [5.74, 6) is 0.0344. The lowest BCUT2D eigenvalue weighted by molar-refractivity contribution is -0.144. The molecule has 0 spiro atoms. The Morgan fingerprint density at radius 1 is 0.310 bits per heavy atom. The summed E-state index contributed by atoms with van der Waals surface area (Å²) in [7, 11) is 0. The van der Waals surface area contributed by atoms with Gasteiger partial charge in [0.05, 0.1) is 13.2 Å². The molecule has 0 atom stereocenters. The van der Waals surface area contributed by atoms with Crippen LogP contribution in [0.1, 0.15) is 310 Å². The molecular formula is C54H104O4. The van der Waals surface area contributed by atoms with Gasteiger partial charge >= 0.3 is 11.9 Å². The van der Waals surface area contributed by atoms with Gasteiger partial charge in [-0.15, -0.1) is 0 Å². The topological polar surface area (TPSA) is 52.6 Å². The van der Waals surface area contributed by atoms with Crippen molar-refractivity contribution in [1.82, 2.24) is 0 Å². The summed E-state index contributed by atoms with van der Waals surface area (Å²) >= 11 is 0. The third-order valence-corrected chi connectivity index (χ3v) is 14.2. The predicted molar refractivity (Wildman–Crippen MR) is 253 cm³/mol. The molecule has 1 fully saturated rings. The molecule has 0 heterocycles. The number of ether oxygens (including phenoxy) is 2. The quantitative estimate of drug-likeness (QED) is 0.0454. The average Bonchev–Trinajstić information content (AvgIpc) is 3.23. The first-order chi connectivity index (χ1) is 28.4. The molecule has 1 aliphatic carbocycles. The number of rotatable bonds is 44. The van der Waals surface area contributed by atoms with E-state index in [0.717, 1.165) is 38.5 Å². The summed E-state index contributed by atoms with van der Waals surface area (Å²) < 4.78 is 11.1. The van der Waals surface area contributed by atoms with Gasteiger partial charge in [-0.25, -0.2) is 0 Å². The smallest absolute Gasteiger partial charge is 0.305 e. The van der Waals surface area contributed by atoms with E-state index >= 15 is 0 Å². The highest BCUT2D eigenvalue weighted by Crippen LogP contribution is 2.54. The summed E-state index contributed by atoms with van der Waals surface area (Å²) in [5, 5.41) is 0. The van der Waals surface area contributed by atoms with E-state index in [2.05, 4.69) is 27.7 Å². The summed E-state index contributed by atoms with van der Waals surface area (Å²) in [6, 6.07) is 0. The Morgan fingerprint density at radius 3 is 0.810 bits per heavy atom. The van der Waals surface area contributed by atoms with Crippen LogP contribution in [0.4, 0.5) is 0 Å². The molecule has 1 saturated carbocycles. The molecule has 0 aromatic heterocycles. The van der Waals surface area contributed by atoms with Gasteiger partial charge in [0.1, 0.15) is 0 Å². The molecule has 0 N–H and O–H groups in total. The minimum absolute atomic E-state index is 0.0172. The van der Waals surface area contributed by atoms with Gasteiger partial charge in [-0.1, -0.05) is 220 Å². The minimum atomic E-state index is 0.0172. The van der Waals surface area contributed by atoms with Gasteiger partial charge in [0.2, 0.25) is 0 Å². The zero-order valence-electron chi connectivity index (χ0n) is 40.2. The van der Waals surface area contributed by atoms with E-state index in [9.17, 15) is 9.59 Å². The van der Waals surface area contributed by atoms with E-state index in [0.29, 0.717) is 36.9 Å². The summed E-state index contributed by atoms with van der Waals surface area (Å²) in [5.41, 5.74) is 1.14. The number of hydrogen-bond donors (Lipinski definition) is 0. The molecule has 4 heteroatoms. The number of esters is 2. The van der Waals surface area contributed by atoms with Crippen molar-refractivity contribution in [2.45, 2.75) is 310 Å². The monoisotopic (exact) mass is 817 g/mol. The molecule has 58 heavy (non-hydrogen) atoms. The maximum atomic E-state index is 12.3. The predicted octanol–water partition coefficient (Wildman–Crippen LogP) is 18.3. The zero-order valence-corrected chi connectivity index (χ0v) is 40.2. The molecule has 0 aliphatic heterocycles. The van der Waals surface area contributed by atoms with Gasteiger partial charge in [-0.05, 0) is 87.9 Å². The van der Waals surface area contributed by atoms with Crippen LogP contribution in [0.2, 0.25) is 0 Å². The number of unbranched alkanes of at least 4 members (excludes halogenated alkanes) is 28. The highest BCUT2D eigenvalue weighted by molar-refractivity contribution is 5.69. The molecule has 0 unspecified atom stereocenters. The molecular weight excluding hydrogens is 713 g/mol. The van der Waals surface area contributed by atoms with Gasteiger partial charge < -0.3 is 9.47 Å². The van der Waals surface area contributed by atoms with Crippen molar-refractivity contribution in [1.29, 1.82) is 0 Å². The normalized spacial score (nSPS) is 14.8. The van der Waals surface area contributed by atoms with Crippen molar-refractivity contribution in [2.75, 3.05) is 13.2 Å². The van der Waals surface area contributed by atoms with Crippen LogP contribution in [0, 0.1) is 10.8 Å². The van der Waals surface area contributed by atoms with Crippen LogP contribution in [-0.2, 0) is 19.1 Å². The standard InChI is InChI=1S/C54H104O4/c1-5-9-13-17-25-33-41-53(42-34-26-18-14-10-6-2)45-47-54(48-46-53,43-35-27-21-23-31-39-51(55)57-49-37-29-19-15-11-7-3)44-36-28-22-24-32-40-52(56)58-50-38-30-20-16-12-8-4/h5-50H2,1-4H3. The molecule has 0 radical (unpaired) electrons. The lowest BCUT2D eigenvalue weighted by Gasteiger charge is -2.48. The Hall–Kier alpha value is -1.06. The number of carbonyl (C=O) groups excluding carboxylic acids is 2. The fourth-order valence-corrected chi connectivity index (χ4v) is 10.0. The minimum Gasteiger partial charge on any atom is -0.466 e. The first kappa shape index (κ1) is 55.0. The molecule has 344 valence electrons. The van der Waals surface area contributed by atoms with Crippen LogP contribution in [0.3, 0.4) is 0 Å². The second-order valence-corrected chi connectivity index (χ2v) is 19.5. The van der Waals surface area contributed by atoms with Gasteiger partial charge in [-0.3, -0.25) is 9.59 Å². The van der Waals surface area contributed by atoms with Crippen LogP contribution >= 0.6 is 0 Å². The van der Waals surface area contributed by atoms with Crippen molar-refractivity contribution in [3.05, 3.63) is 0 Å². The van der Waals surface area contributed by atoms with Crippen LogP contribution in [0.15, 0.2) is 0 Å². The Morgan fingerprint density at radius 2 is 0.534 bits per heavy atom. The van der Waals surface area contributed by atoms with Crippen LogP contribution in [0.5, 0.6) is 0 Å². The maximum absolute atomic E-state index is 12.3. The molecule has 0 saturated heterocycles. The molecule has 0 bridgehead atoms. The van der Waals surface area contributed by atoms with E-state index in [1.807, 2.05) is 0 Å². The van der Waals surface area contributed by atoms with Crippen LogP contribution < -0.4 is 0 Å². The lowest BCUT2D eigenvalue weighted by atomic mass is 9.58. The lowest BCUT2D eigenvalue weighted by Crippen LogP contribution is -2.35. The van der Waals surface area contributed by atoms with Crippen LogP contribution in [-0.4, -0.2) is 25.2 Å². The van der Waals surface area contributed by atoms with E-state index in [4.69, 9.17) is 9.47 Å². The second-order valence-electron chi connectivity index (χ2n) is 19.5. The molecule has 1 rings (SSSR count). The van der Waals surface area contributed by atoms with Gasteiger partial charge in [0.25, 0.3) is 0 Å². The Labute approximate surface area is 364 Å². The number of hydrogen-bond acceptors (Lipinski definition) is 4. The molecule has 0 amide bonds. The van der Waals surface area contributed by atoms with E-state index in [1.165, 1.54) is 231 Å². The second kappa shape index (κ2) is 40.0. The third-order valence-electron chi connectivity index (χ3n) is 14.2. The first-order valence-corrected chi connectivity index (χ1v) is 26.8. The Kier molecular flexibility index (Phi) is 37.9. The van der Waals surface area contributed by atoms with Crippen molar-refractivity contribution in [2.24, 2.45) is 10.8 Å². The van der Waals surface area contributed by atoms with Crippen molar-refractivity contribution in [3.8, 4) is 0 Å². The highest BCUT2D eigenvalue weighted by atomic mass is 16.5. The van der Waals surface area contributed by atoms with Crippen molar-refractivity contribution < 1.29 is 19.1 Å². The Bertz CT molecular complexity index is 825. The molecule has 0 aromatic carbocycles. The SMILES string of the molecule is CCCCCCCCOC(=O)CCCCCCCC1(CCCCCCCC(=O)OCCCCCCCC)CCC(CCCCCCCC)(CCCCCCCC)CC1. The van der Waals surface area contributed by atoms with E-state index < -0.39 is 0 Å². The van der Waals surface area contributed by atoms with E-state index in [-0.39, 0.29) is 11.9 Å². The van der Waals surface area contributed by atoms with E-state index in [1.54, 1.807) is 0 Å². The summed E-state index contributed by atoms with van der Waals surface area (Å²) in [4.78, 5) is 24.5. The zero-order chi connectivity index (χ0) is 42.1. The molecule has 1 aliphatic rings. The summed E-state index contributed by atoms with van der Waals surface area (Å²) in [6.45, 7) is 10.4.